The van der Waals surface area contributed by atoms with E-state index >= 15 is 0 Å². The second-order valence-corrected chi connectivity index (χ2v) is 6.57. The van der Waals surface area contributed by atoms with Crippen LogP contribution in [0.3, 0.4) is 0 Å². The Labute approximate surface area is 174 Å². The van der Waals surface area contributed by atoms with Crippen molar-refractivity contribution in [2.45, 2.75) is 13.2 Å². The average Bonchev–Trinajstić information content (AvgIpc) is 2.74. The monoisotopic (exact) mass is 416 g/mol. The quantitative estimate of drug-likeness (QED) is 0.488. The van der Waals surface area contributed by atoms with Crippen LogP contribution in [0.5, 0.6) is 17.4 Å². The normalized spacial score (nSPS) is 10.6. The Hall–Kier alpha value is -2.83. The van der Waals surface area contributed by atoms with Crippen molar-refractivity contribution < 1.29 is 18.6 Å². The highest BCUT2D eigenvalue weighted by molar-refractivity contribution is 6.31. The number of nitrogens with zero attached hydrogens (tertiary/aromatic N) is 1. The van der Waals surface area contributed by atoms with E-state index in [-0.39, 0.29) is 6.61 Å². The maximum atomic E-state index is 13.9. The molecule has 0 saturated carbocycles. The lowest BCUT2D eigenvalue weighted by atomic mass is 10.2. The van der Waals surface area contributed by atoms with Crippen LogP contribution in [-0.4, -0.2) is 25.2 Å². The molecule has 29 heavy (non-hydrogen) atoms. The average molecular weight is 417 g/mol. The van der Waals surface area contributed by atoms with Gasteiger partial charge in [-0.15, -0.1) is 0 Å². The van der Waals surface area contributed by atoms with Crippen molar-refractivity contribution in [1.82, 2.24) is 10.3 Å². The molecule has 5 nitrogen and oxygen atoms in total. The van der Waals surface area contributed by atoms with Crippen LogP contribution in [0.1, 0.15) is 11.1 Å². The molecule has 0 saturated heterocycles. The summed E-state index contributed by atoms with van der Waals surface area (Å²) in [5.41, 5.74) is 1.34. The summed E-state index contributed by atoms with van der Waals surface area (Å²) < 4.78 is 30.6. The van der Waals surface area contributed by atoms with Gasteiger partial charge < -0.3 is 19.5 Å². The van der Waals surface area contributed by atoms with E-state index in [9.17, 15) is 4.39 Å². The van der Waals surface area contributed by atoms with E-state index in [1.807, 2.05) is 30.3 Å². The molecule has 0 bridgehead atoms. The second-order valence-electron chi connectivity index (χ2n) is 6.17. The van der Waals surface area contributed by atoms with Gasteiger partial charge in [-0.3, -0.25) is 0 Å². The van der Waals surface area contributed by atoms with Crippen molar-refractivity contribution in [3.05, 3.63) is 82.8 Å². The minimum atomic E-state index is -0.398. The highest BCUT2D eigenvalue weighted by Crippen LogP contribution is 2.30. The van der Waals surface area contributed by atoms with Gasteiger partial charge in [0.15, 0.2) is 11.5 Å². The smallest absolute Gasteiger partial charge is 0.213 e. The van der Waals surface area contributed by atoms with Gasteiger partial charge in [0.05, 0.1) is 12.1 Å². The van der Waals surface area contributed by atoms with Gasteiger partial charge in [0.25, 0.3) is 0 Å². The lowest BCUT2D eigenvalue weighted by Gasteiger charge is -2.14. The van der Waals surface area contributed by atoms with E-state index in [0.717, 1.165) is 5.56 Å². The van der Waals surface area contributed by atoms with Crippen molar-refractivity contribution >= 4 is 11.6 Å². The molecule has 0 aliphatic rings. The van der Waals surface area contributed by atoms with Gasteiger partial charge in [0.2, 0.25) is 5.88 Å². The molecule has 0 amide bonds. The molecule has 1 heterocycles. The standard InChI is InChI=1S/C22H22ClFN2O3/c1-27-21-13-16(14-25-11-12-28-22-7-2-3-10-26-22)8-9-20(21)29-15-17-18(23)5-4-6-19(17)24/h2-10,13,25H,11-12,14-15H2,1H3. The number of methoxy groups -OCH3 is 1. The summed E-state index contributed by atoms with van der Waals surface area (Å²) in [5, 5.41) is 3.63. The summed E-state index contributed by atoms with van der Waals surface area (Å²) in [6.07, 6.45) is 1.69. The number of hydrogen-bond acceptors (Lipinski definition) is 5. The van der Waals surface area contributed by atoms with Gasteiger partial charge in [0.1, 0.15) is 19.0 Å². The van der Waals surface area contributed by atoms with Crippen molar-refractivity contribution in [3.8, 4) is 17.4 Å². The molecule has 152 valence electrons. The molecule has 1 aromatic heterocycles. The van der Waals surface area contributed by atoms with Gasteiger partial charge in [-0.05, 0) is 35.9 Å². The van der Waals surface area contributed by atoms with E-state index in [4.69, 9.17) is 25.8 Å². The number of halogens is 2. The molecule has 0 atom stereocenters. The van der Waals surface area contributed by atoms with E-state index < -0.39 is 5.82 Å². The largest absolute Gasteiger partial charge is 0.493 e. The highest BCUT2D eigenvalue weighted by Gasteiger charge is 2.11. The molecule has 0 spiro atoms. The summed E-state index contributed by atoms with van der Waals surface area (Å²) in [7, 11) is 1.57. The molecule has 1 N–H and O–H groups in total. The first kappa shape index (κ1) is 20.9. The molecular weight excluding hydrogens is 395 g/mol. The minimum Gasteiger partial charge on any atom is -0.493 e. The number of pyridine rings is 1. The summed E-state index contributed by atoms with van der Waals surface area (Å²) >= 11 is 6.04. The summed E-state index contributed by atoms with van der Waals surface area (Å²) in [5.74, 6) is 1.30. The number of nitrogens with one attached hydrogen (secondary N) is 1. The molecule has 0 fully saturated rings. The Morgan fingerprint density at radius 2 is 1.93 bits per heavy atom. The number of hydrogen-bond donors (Lipinski definition) is 1. The Morgan fingerprint density at radius 3 is 2.69 bits per heavy atom. The Balaban J connectivity index is 1.50. The van der Waals surface area contributed by atoms with Crippen molar-refractivity contribution in [3.63, 3.8) is 0 Å². The predicted octanol–water partition coefficient (Wildman–Crippen LogP) is 4.63. The molecule has 3 rings (SSSR count). The fourth-order valence-corrected chi connectivity index (χ4v) is 2.87. The van der Waals surface area contributed by atoms with Crippen LogP contribution in [0.15, 0.2) is 60.8 Å². The predicted molar refractivity (Wildman–Crippen MR) is 110 cm³/mol. The number of ether oxygens (including phenoxy) is 3. The van der Waals surface area contributed by atoms with Crippen LogP contribution >= 0.6 is 11.6 Å². The third kappa shape index (κ3) is 6.07. The number of aromatic nitrogens is 1. The van der Waals surface area contributed by atoms with E-state index in [0.29, 0.717) is 47.7 Å². The molecule has 7 heteroatoms. The summed E-state index contributed by atoms with van der Waals surface area (Å²) in [4.78, 5) is 4.10. The lowest BCUT2D eigenvalue weighted by molar-refractivity contribution is 0.279. The van der Waals surface area contributed by atoms with Crippen molar-refractivity contribution in [2.75, 3.05) is 20.3 Å². The highest BCUT2D eigenvalue weighted by atomic mass is 35.5. The summed E-state index contributed by atoms with van der Waals surface area (Å²) in [6.45, 7) is 1.84. The van der Waals surface area contributed by atoms with Gasteiger partial charge in [-0.1, -0.05) is 29.8 Å². The maximum Gasteiger partial charge on any atom is 0.213 e. The first-order valence-electron chi connectivity index (χ1n) is 9.14. The maximum absolute atomic E-state index is 13.9. The first-order chi connectivity index (χ1) is 14.2. The zero-order chi connectivity index (χ0) is 20.5. The molecule has 2 aromatic carbocycles. The fraction of sp³-hybridized carbons (Fsp3) is 0.227. The second kappa shape index (κ2) is 10.6. The van der Waals surface area contributed by atoms with Gasteiger partial charge in [0, 0.05) is 30.9 Å². The lowest BCUT2D eigenvalue weighted by Crippen LogP contribution is -2.20. The molecule has 0 unspecified atom stereocenters. The van der Waals surface area contributed by atoms with Gasteiger partial charge in [-0.25, -0.2) is 9.37 Å². The van der Waals surface area contributed by atoms with E-state index in [1.54, 1.807) is 31.5 Å². The topological polar surface area (TPSA) is 52.6 Å². The van der Waals surface area contributed by atoms with Crippen molar-refractivity contribution in [2.24, 2.45) is 0 Å². The SMILES string of the molecule is COc1cc(CNCCOc2ccccn2)ccc1OCc1c(F)cccc1Cl. The third-order valence-corrected chi connectivity index (χ3v) is 4.51. The van der Waals surface area contributed by atoms with Crippen LogP contribution in [0.2, 0.25) is 5.02 Å². The van der Waals surface area contributed by atoms with E-state index in [1.165, 1.54) is 6.07 Å². The van der Waals surface area contributed by atoms with Gasteiger partial charge in [-0.2, -0.15) is 0 Å². The molecule has 0 radical (unpaired) electrons. The van der Waals surface area contributed by atoms with Crippen molar-refractivity contribution in [1.29, 1.82) is 0 Å². The zero-order valence-corrected chi connectivity index (χ0v) is 16.8. The van der Waals surface area contributed by atoms with Crippen LogP contribution in [0.4, 0.5) is 4.39 Å². The van der Waals surface area contributed by atoms with Crippen LogP contribution in [-0.2, 0) is 13.2 Å². The minimum absolute atomic E-state index is 0.0182. The van der Waals surface area contributed by atoms with Crippen LogP contribution < -0.4 is 19.5 Å². The molecule has 0 aliphatic carbocycles. The fourth-order valence-electron chi connectivity index (χ4n) is 2.65. The number of benzene rings is 2. The van der Waals surface area contributed by atoms with Crippen LogP contribution in [0, 0.1) is 5.82 Å². The Morgan fingerprint density at radius 1 is 1.03 bits per heavy atom. The van der Waals surface area contributed by atoms with E-state index in [2.05, 4.69) is 10.3 Å². The Kier molecular flexibility index (Phi) is 7.67. The number of rotatable bonds is 10. The zero-order valence-electron chi connectivity index (χ0n) is 16.0. The molecule has 0 aliphatic heterocycles. The third-order valence-electron chi connectivity index (χ3n) is 4.16. The molecule has 3 aromatic rings. The van der Waals surface area contributed by atoms with Crippen LogP contribution in [0.25, 0.3) is 0 Å². The first-order valence-corrected chi connectivity index (χ1v) is 9.52. The Bertz CT molecular complexity index is 905. The summed E-state index contributed by atoms with van der Waals surface area (Å²) in [6, 6.07) is 15.7. The van der Waals surface area contributed by atoms with Gasteiger partial charge >= 0.3 is 0 Å². The molecular formula is C22H22ClFN2O3.